The molecule has 0 aromatic carbocycles. The van der Waals surface area contributed by atoms with Crippen LogP contribution in [0, 0.1) is 5.92 Å². The van der Waals surface area contributed by atoms with Crippen molar-refractivity contribution in [1.29, 1.82) is 0 Å². The first-order chi connectivity index (χ1) is 7.54. The van der Waals surface area contributed by atoms with Crippen LogP contribution in [-0.4, -0.2) is 16.1 Å². The van der Waals surface area contributed by atoms with Crippen LogP contribution in [-0.2, 0) is 6.42 Å². The van der Waals surface area contributed by atoms with Gasteiger partial charge in [0.1, 0.15) is 11.5 Å². The fourth-order valence-electron chi connectivity index (χ4n) is 1.68. The van der Waals surface area contributed by atoms with E-state index in [0.717, 1.165) is 18.4 Å². The molecule has 1 rings (SSSR count). The third kappa shape index (κ3) is 3.63. The summed E-state index contributed by atoms with van der Waals surface area (Å²) in [4.78, 5) is 8.09. The second-order valence-electron chi connectivity index (χ2n) is 4.36. The minimum atomic E-state index is 0.149. The zero-order chi connectivity index (χ0) is 12.1. The van der Waals surface area contributed by atoms with Crippen molar-refractivity contribution < 1.29 is 4.74 Å². The van der Waals surface area contributed by atoms with Gasteiger partial charge in [0, 0.05) is 0 Å². The molecule has 1 atom stereocenters. The standard InChI is InChI=1S/C12H19ClN2O/c1-5-10-11(13)14-7-15-12(10)16-9(4)6-8(2)3/h7-9H,5-6H2,1-4H3. The van der Waals surface area contributed by atoms with E-state index < -0.39 is 0 Å². The molecule has 4 heteroatoms. The molecular weight excluding hydrogens is 224 g/mol. The van der Waals surface area contributed by atoms with Crippen molar-refractivity contribution in [2.45, 2.75) is 46.6 Å². The van der Waals surface area contributed by atoms with Crippen molar-refractivity contribution in [2.75, 3.05) is 0 Å². The molecule has 0 amide bonds. The Balaban J connectivity index is 2.76. The van der Waals surface area contributed by atoms with Crippen LogP contribution in [0.4, 0.5) is 0 Å². The third-order valence-corrected chi connectivity index (χ3v) is 2.65. The molecule has 16 heavy (non-hydrogen) atoms. The van der Waals surface area contributed by atoms with E-state index in [1.54, 1.807) is 0 Å². The van der Waals surface area contributed by atoms with E-state index in [1.807, 2.05) is 6.92 Å². The molecule has 0 saturated heterocycles. The molecule has 1 heterocycles. The van der Waals surface area contributed by atoms with Crippen LogP contribution in [0.3, 0.4) is 0 Å². The highest BCUT2D eigenvalue weighted by Crippen LogP contribution is 2.24. The summed E-state index contributed by atoms with van der Waals surface area (Å²) in [7, 11) is 0. The van der Waals surface area contributed by atoms with E-state index in [2.05, 4.69) is 30.7 Å². The Morgan fingerprint density at radius 2 is 2.00 bits per heavy atom. The number of nitrogens with zero attached hydrogens (tertiary/aromatic N) is 2. The molecule has 90 valence electrons. The van der Waals surface area contributed by atoms with Crippen LogP contribution in [0.1, 0.15) is 39.7 Å². The van der Waals surface area contributed by atoms with Crippen LogP contribution >= 0.6 is 11.6 Å². The highest BCUT2D eigenvalue weighted by Gasteiger charge is 2.13. The Bertz CT molecular complexity index is 342. The van der Waals surface area contributed by atoms with Gasteiger partial charge < -0.3 is 4.74 Å². The van der Waals surface area contributed by atoms with Gasteiger partial charge in [-0.2, -0.15) is 0 Å². The molecule has 0 saturated carbocycles. The van der Waals surface area contributed by atoms with E-state index in [9.17, 15) is 0 Å². The molecule has 0 aliphatic rings. The lowest BCUT2D eigenvalue weighted by atomic mass is 10.1. The maximum absolute atomic E-state index is 5.99. The number of rotatable bonds is 5. The smallest absolute Gasteiger partial charge is 0.221 e. The van der Waals surface area contributed by atoms with Crippen LogP contribution < -0.4 is 4.74 Å². The number of ether oxygens (including phenoxy) is 1. The lowest BCUT2D eigenvalue weighted by molar-refractivity contribution is 0.183. The van der Waals surface area contributed by atoms with Crippen molar-refractivity contribution in [3.8, 4) is 5.88 Å². The lowest BCUT2D eigenvalue weighted by Gasteiger charge is -2.17. The largest absolute Gasteiger partial charge is 0.474 e. The van der Waals surface area contributed by atoms with E-state index in [-0.39, 0.29) is 6.10 Å². The minimum absolute atomic E-state index is 0.149. The minimum Gasteiger partial charge on any atom is -0.474 e. The molecule has 1 unspecified atom stereocenters. The molecule has 0 bridgehead atoms. The molecule has 0 N–H and O–H groups in total. The Morgan fingerprint density at radius 3 is 2.56 bits per heavy atom. The van der Waals surface area contributed by atoms with Gasteiger partial charge in [0.05, 0.1) is 11.7 Å². The predicted molar refractivity (Wildman–Crippen MR) is 66.0 cm³/mol. The summed E-state index contributed by atoms with van der Waals surface area (Å²) in [5.74, 6) is 1.23. The Labute approximate surface area is 102 Å². The molecule has 0 fully saturated rings. The summed E-state index contributed by atoms with van der Waals surface area (Å²) in [6.07, 6.45) is 3.38. The van der Waals surface area contributed by atoms with Crippen LogP contribution in [0.2, 0.25) is 5.15 Å². The molecule has 3 nitrogen and oxygen atoms in total. The maximum atomic E-state index is 5.99. The van der Waals surface area contributed by atoms with E-state index in [4.69, 9.17) is 16.3 Å². The Morgan fingerprint density at radius 1 is 1.31 bits per heavy atom. The van der Waals surface area contributed by atoms with Gasteiger partial charge in [-0.25, -0.2) is 9.97 Å². The SMILES string of the molecule is CCc1c(Cl)ncnc1OC(C)CC(C)C. The number of halogens is 1. The zero-order valence-corrected chi connectivity index (χ0v) is 11.1. The zero-order valence-electron chi connectivity index (χ0n) is 10.3. The van der Waals surface area contributed by atoms with E-state index >= 15 is 0 Å². The molecule has 1 aromatic heterocycles. The first-order valence-electron chi connectivity index (χ1n) is 5.70. The van der Waals surface area contributed by atoms with Crippen molar-refractivity contribution in [3.63, 3.8) is 0 Å². The fourth-order valence-corrected chi connectivity index (χ4v) is 1.94. The summed E-state index contributed by atoms with van der Waals surface area (Å²) >= 11 is 5.99. The van der Waals surface area contributed by atoms with Crippen molar-refractivity contribution >= 4 is 11.6 Å². The Hall–Kier alpha value is -0.830. The second kappa shape index (κ2) is 6.04. The van der Waals surface area contributed by atoms with Gasteiger partial charge in [-0.05, 0) is 25.7 Å². The van der Waals surface area contributed by atoms with Crippen molar-refractivity contribution in [2.24, 2.45) is 5.92 Å². The van der Waals surface area contributed by atoms with Gasteiger partial charge in [0.2, 0.25) is 5.88 Å². The summed E-state index contributed by atoms with van der Waals surface area (Å²) in [5.41, 5.74) is 0.889. The van der Waals surface area contributed by atoms with Gasteiger partial charge in [-0.3, -0.25) is 0 Å². The van der Waals surface area contributed by atoms with E-state index in [1.165, 1.54) is 6.33 Å². The highest BCUT2D eigenvalue weighted by atomic mass is 35.5. The fraction of sp³-hybridized carbons (Fsp3) is 0.667. The quantitative estimate of drug-likeness (QED) is 0.742. The highest BCUT2D eigenvalue weighted by molar-refractivity contribution is 6.30. The average molecular weight is 243 g/mol. The predicted octanol–water partition coefficient (Wildman–Crippen LogP) is 3.51. The van der Waals surface area contributed by atoms with Gasteiger partial charge in [-0.15, -0.1) is 0 Å². The van der Waals surface area contributed by atoms with Crippen LogP contribution in [0.15, 0.2) is 6.33 Å². The monoisotopic (exact) mass is 242 g/mol. The second-order valence-corrected chi connectivity index (χ2v) is 4.72. The van der Waals surface area contributed by atoms with Crippen LogP contribution in [0.5, 0.6) is 5.88 Å². The molecule has 0 aliphatic heterocycles. The summed E-state index contributed by atoms with van der Waals surface area (Å²) in [6.45, 7) is 8.42. The third-order valence-electron chi connectivity index (χ3n) is 2.32. The molecular formula is C12H19ClN2O. The first kappa shape index (κ1) is 13.2. The summed E-state index contributed by atoms with van der Waals surface area (Å²) in [5, 5.41) is 0.490. The van der Waals surface area contributed by atoms with Gasteiger partial charge in [0.25, 0.3) is 0 Å². The number of hydrogen-bond donors (Lipinski definition) is 0. The van der Waals surface area contributed by atoms with Crippen LogP contribution in [0.25, 0.3) is 0 Å². The number of hydrogen-bond acceptors (Lipinski definition) is 3. The normalized spacial score (nSPS) is 12.9. The van der Waals surface area contributed by atoms with Gasteiger partial charge in [-0.1, -0.05) is 32.4 Å². The Kier molecular flexibility index (Phi) is 5.00. The molecule has 1 aromatic rings. The molecule has 0 radical (unpaired) electrons. The summed E-state index contributed by atoms with van der Waals surface area (Å²) < 4.78 is 5.79. The number of aromatic nitrogens is 2. The first-order valence-corrected chi connectivity index (χ1v) is 6.08. The average Bonchev–Trinajstić information content (AvgIpc) is 2.16. The van der Waals surface area contributed by atoms with Crippen molar-refractivity contribution in [1.82, 2.24) is 9.97 Å². The maximum Gasteiger partial charge on any atom is 0.221 e. The lowest BCUT2D eigenvalue weighted by Crippen LogP contribution is -2.16. The molecule has 0 spiro atoms. The van der Waals surface area contributed by atoms with Gasteiger partial charge in [0.15, 0.2) is 0 Å². The van der Waals surface area contributed by atoms with E-state index in [0.29, 0.717) is 17.0 Å². The molecule has 0 aliphatic carbocycles. The summed E-state index contributed by atoms with van der Waals surface area (Å²) in [6, 6.07) is 0. The van der Waals surface area contributed by atoms with Crippen molar-refractivity contribution in [3.05, 3.63) is 17.0 Å². The van der Waals surface area contributed by atoms with Gasteiger partial charge >= 0.3 is 0 Å². The topological polar surface area (TPSA) is 35.0 Å².